The van der Waals surface area contributed by atoms with Gasteiger partial charge < -0.3 is 15.4 Å². The molecule has 0 fully saturated rings. The van der Waals surface area contributed by atoms with Crippen LogP contribution in [0.5, 0.6) is 0 Å². The molecule has 148 valence electrons. The highest BCUT2D eigenvalue weighted by Gasteiger charge is 2.30. The van der Waals surface area contributed by atoms with Crippen molar-refractivity contribution in [3.05, 3.63) is 29.3 Å². The molecule has 1 atom stereocenters. The molecule has 0 saturated heterocycles. The minimum atomic E-state index is -1.09. The van der Waals surface area contributed by atoms with Gasteiger partial charge in [0.25, 0.3) is 5.91 Å². The first-order valence-corrected chi connectivity index (χ1v) is 8.67. The van der Waals surface area contributed by atoms with Crippen molar-refractivity contribution in [2.75, 3.05) is 12.4 Å². The molecule has 0 bridgehead atoms. The fraction of sp³-hybridized carbons (Fsp3) is 0.421. The van der Waals surface area contributed by atoms with Crippen LogP contribution in [0, 0.1) is 6.92 Å². The molecule has 1 rings (SSSR count). The molecule has 1 aromatic carbocycles. The van der Waals surface area contributed by atoms with Crippen molar-refractivity contribution >= 4 is 36.1 Å². The monoisotopic (exact) mass is 377 g/mol. The Morgan fingerprint density at radius 1 is 1.19 bits per heavy atom. The number of hydrogen-bond donors (Lipinski definition) is 2. The maximum atomic E-state index is 12.8. The molecule has 2 N–H and O–H groups in total. The molecular weight excluding hydrogens is 350 g/mol. The summed E-state index contributed by atoms with van der Waals surface area (Å²) >= 11 is 0. The number of hydrogen-bond acceptors (Lipinski definition) is 5. The van der Waals surface area contributed by atoms with E-state index in [1.54, 1.807) is 19.1 Å². The molecule has 0 spiro atoms. The normalized spacial score (nSPS) is 10.6. The van der Waals surface area contributed by atoms with Crippen molar-refractivity contribution in [1.29, 1.82) is 0 Å². The minimum Gasteiger partial charge on any atom is -0.357 e. The highest BCUT2D eigenvalue weighted by molar-refractivity contribution is 6.05. The van der Waals surface area contributed by atoms with E-state index in [1.165, 1.54) is 20.0 Å². The van der Waals surface area contributed by atoms with E-state index in [-0.39, 0.29) is 30.7 Å². The predicted molar refractivity (Wildman–Crippen MR) is 102 cm³/mol. The van der Waals surface area contributed by atoms with Gasteiger partial charge >= 0.3 is 0 Å². The predicted octanol–water partition coefficient (Wildman–Crippen LogP) is 1.67. The molecule has 1 aromatic rings. The van der Waals surface area contributed by atoms with E-state index in [1.807, 2.05) is 13.8 Å². The highest BCUT2D eigenvalue weighted by Crippen LogP contribution is 2.21. The molecule has 0 aliphatic rings. The Bertz CT molecular complexity index is 688. The fourth-order valence-corrected chi connectivity index (χ4v) is 2.38. The summed E-state index contributed by atoms with van der Waals surface area (Å²) in [4.78, 5) is 58.9. The van der Waals surface area contributed by atoms with Crippen molar-refractivity contribution in [3.63, 3.8) is 0 Å². The summed E-state index contributed by atoms with van der Waals surface area (Å²) in [5.74, 6) is -1.52. The van der Waals surface area contributed by atoms with Crippen molar-refractivity contribution in [2.45, 2.75) is 46.6 Å². The molecule has 0 heterocycles. The number of amides is 4. The summed E-state index contributed by atoms with van der Waals surface area (Å²) in [7, 11) is 1.38. The Hall–Kier alpha value is -3.03. The van der Waals surface area contributed by atoms with Crippen LogP contribution >= 0.6 is 0 Å². The second-order valence-electron chi connectivity index (χ2n) is 5.35. The summed E-state index contributed by atoms with van der Waals surface area (Å²) in [6.45, 7) is 6.97. The van der Waals surface area contributed by atoms with Gasteiger partial charge in [-0.2, -0.15) is 0 Å². The van der Waals surface area contributed by atoms with Crippen LogP contribution in [0.4, 0.5) is 5.69 Å². The highest BCUT2D eigenvalue weighted by atomic mass is 16.2. The van der Waals surface area contributed by atoms with Crippen LogP contribution in [0.25, 0.3) is 0 Å². The zero-order chi connectivity index (χ0) is 21.0. The molecule has 1 unspecified atom stereocenters. The first kappa shape index (κ1) is 24.0. The van der Waals surface area contributed by atoms with Crippen LogP contribution < -0.4 is 10.6 Å². The van der Waals surface area contributed by atoms with Crippen LogP contribution in [0.15, 0.2) is 18.2 Å². The lowest BCUT2D eigenvalue weighted by molar-refractivity contribution is -0.131. The zero-order valence-corrected chi connectivity index (χ0v) is 16.4. The van der Waals surface area contributed by atoms with Gasteiger partial charge in [-0.15, -0.1) is 0 Å². The fourth-order valence-electron chi connectivity index (χ4n) is 2.38. The third-order valence-corrected chi connectivity index (χ3v) is 3.67. The number of carbonyl (C=O) groups is 5. The standard InChI is InChI=1S/C17H21N3O5.C2H6/c1-11-13(6-4-7-14(11)19-12(2)23)17(25)20(10-22)15(8-5-9-21)16(24)18-3;1-2/h4,6-7,9-10,15H,5,8H2,1-3H3,(H,18,24)(H,19,23);1-2H3. The second kappa shape index (κ2) is 12.3. The summed E-state index contributed by atoms with van der Waals surface area (Å²) in [5, 5.41) is 4.98. The van der Waals surface area contributed by atoms with Gasteiger partial charge in [-0.1, -0.05) is 19.9 Å². The van der Waals surface area contributed by atoms with Crippen molar-refractivity contribution in [1.82, 2.24) is 10.2 Å². The lowest BCUT2D eigenvalue weighted by atomic mass is 10.0. The summed E-state index contributed by atoms with van der Waals surface area (Å²) in [6.07, 6.45) is 0.947. The van der Waals surface area contributed by atoms with Gasteiger partial charge in [0.05, 0.1) is 0 Å². The number of imide groups is 1. The maximum absolute atomic E-state index is 12.8. The van der Waals surface area contributed by atoms with Crippen molar-refractivity contribution in [2.24, 2.45) is 0 Å². The minimum absolute atomic E-state index is 0.0259. The molecule has 8 nitrogen and oxygen atoms in total. The Labute approximate surface area is 159 Å². The van der Waals surface area contributed by atoms with Crippen LogP contribution in [-0.4, -0.2) is 48.4 Å². The molecule has 4 amide bonds. The van der Waals surface area contributed by atoms with E-state index < -0.39 is 17.9 Å². The average molecular weight is 377 g/mol. The van der Waals surface area contributed by atoms with Crippen LogP contribution in [0.3, 0.4) is 0 Å². The number of anilines is 1. The number of carbonyl (C=O) groups excluding carboxylic acids is 5. The van der Waals surface area contributed by atoms with E-state index in [0.29, 0.717) is 17.5 Å². The largest absolute Gasteiger partial charge is 0.357 e. The third-order valence-electron chi connectivity index (χ3n) is 3.67. The van der Waals surface area contributed by atoms with E-state index >= 15 is 0 Å². The quantitative estimate of drug-likeness (QED) is 0.669. The first-order chi connectivity index (χ1) is 12.9. The average Bonchev–Trinajstić information content (AvgIpc) is 2.67. The van der Waals surface area contributed by atoms with Gasteiger partial charge in [0, 0.05) is 31.6 Å². The number of nitrogens with zero attached hydrogens (tertiary/aromatic N) is 1. The number of benzene rings is 1. The van der Waals surface area contributed by atoms with Gasteiger partial charge in [0.2, 0.25) is 18.2 Å². The Balaban J connectivity index is 0.00000326. The van der Waals surface area contributed by atoms with Gasteiger partial charge in [-0.05, 0) is 31.0 Å². The summed E-state index contributed by atoms with van der Waals surface area (Å²) in [5.41, 5.74) is 1.09. The zero-order valence-electron chi connectivity index (χ0n) is 16.4. The van der Waals surface area contributed by atoms with E-state index in [9.17, 15) is 24.0 Å². The SMILES string of the molecule is CC.CNC(=O)C(CCC=O)N(C=O)C(=O)c1cccc(NC(C)=O)c1C. The van der Waals surface area contributed by atoms with Gasteiger partial charge in [-0.25, -0.2) is 0 Å². The number of likely N-dealkylation sites (N-methyl/N-ethyl adjacent to an activating group) is 1. The number of aldehydes is 1. The molecule has 8 heteroatoms. The third kappa shape index (κ3) is 6.65. The molecule has 0 aliphatic carbocycles. The smallest absolute Gasteiger partial charge is 0.261 e. The second-order valence-corrected chi connectivity index (χ2v) is 5.35. The molecule has 0 aliphatic heterocycles. The molecule has 0 radical (unpaired) electrons. The van der Waals surface area contributed by atoms with Crippen molar-refractivity contribution < 1.29 is 24.0 Å². The van der Waals surface area contributed by atoms with Gasteiger partial charge in [-0.3, -0.25) is 24.1 Å². The Morgan fingerprint density at radius 2 is 1.81 bits per heavy atom. The lowest BCUT2D eigenvalue weighted by Crippen LogP contribution is -2.48. The molecule has 0 saturated carbocycles. The summed E-state index contributed by atoms with van der Waals surface area (Å²) < 4.78 is 0. The van der Waals surface area contributed by atoms with Gasteiger partial charge in [0.1, 0.15) is 12.3 Å². The van der Waals surface area contributed by atoms with Gasteiger partial charge in [0.15, 0.2) is 0 Å². The van der Waals surface area contributed by atoms with E-state index in [2.05, 4.69) is 10.6 Å². The van der Waals surface area contributed by atoms with Crippen LogP contribution in [0.2, 0.25) is 0 Å². The van der Waals surface area contributed by atoms with E-state index in [0.717, 1.165) is 4.90 Å². The Morgan fingerprint density at radius 3 is 2.30 bits per heavy atom. The summed E-state index contributed by atoms with van der Waals surface area (Å²) in [6, 6.07) is 3.60. The topological polar surface area (TPSA) is 113 Å². The lowest BCUT2D eigenvalue weighted by Gasteiger charge is -2.25. The Kier molecular flexibility index (Phi) is 11.0. The number of nitrogens with one attached hydrogen (secondary N) is 2. The van der Waals surface area contributed by atoms with Crippen LogP contribution in [0.1, 0.15) is 49.5 Å². The first-order valence-electron chi connectivity index (χ1n) is 8.67. The van der Waals surface area contributed by atoms with Crippen molar-refractivity contribution in [3.8, 4) is 0 Å². The van der Waals surface area contributed by atoms with Crippen LogP contribution in [-0.2, 0) is 19.2 Å². The maximum Gasteiger partial charge on any atom is 0.261 e. The molecular formula is C19H27N3O5. The molecule has 0 aromatic heterocycles. The van der Waals surface area contributed by atoms with E-state index in [4.69, 9.17) is 0 Å². The number of rotatable bonds is 8. The molecule has 27 heavy (non-hydrogen) atoms.